The number of carbonyl (C=O) groups is 3. The van der Waals surface area contributed by atoms with Gasteiger partial charge in [-0.15, -0.1) is 0 Å². The number of benzene rings is 6. The van der Waals surface area contributed by atoms with Crippen LogP contribution in [0.15, 0.2) is 133 Å². The SMILES string of the molecule is C.CC#CC(=O)N1CCN(c2nc(OC[C@@H]3CCCN3C)nc3c2CCN(c2cccc4cccc(C)c24)C3)C[C@@H]1CC#N.Cc1cccc2cccc(N3CCc4c(nc(OC[C@@H]5CCCN5C)nc4N4CCN(C(=O)/C=C/CN(C)C)[C@@H](CC#N)C4)C3)c12.Cc1cccc2cccc(N3CCc4c(nc(OC[C@@H]5CCCN5C)nc4N4CCN(C(=O)/C=C/CN5CCOCC5)[C@@H](CC#N)C4)C3)c12.S.S. The minimum absolute atomic E-state index is 0. The van der Waals surface area contributed by atoms with Crippen molar-refractivity contribution in [2.75, 3.05) is 222 Å². The van der Waals surface area contributed by atoms with E-state index in [0.717, 1.165) is 162 Å². The number of fused-ring (bicyclic) bond motifs is 6. The van der Waals surface area contributed by atoms with Gasteiger partial charge in [-0.25, -0.2) is 0 Å². The number of likely N-dealkylation sites (N-methyl/N-ethyl adjacent to an activating group) is 4. The summed E-state index contributed by atoms with van der Waals surface area (Å²) in [7, 11) is 10.4. The van der Waals surface area contributed by atoms with Crippen molar-refractivity contribution in [1.82, 2.24) is 69.1 Å². The molecule has 7 fully saturated rings. The molecule has 6 atom stereocenters. The van der Waals surface area contributed by atoms with E-state index in [1.165, 1.54) is 85.3 Å². The molecule has 0 N–H and O–H groups in total. The summed E-state index contributed by atoms with van der Waals surface area (Å²) in [6.07, 6.45) is 17.1. The summed E-state index contributed by atoms with van der Waals surface area (Å²) in [6.45, 7) is 27.2. The van der Waals surface area contributed by atoms with Gasteiger partial charge >= 0.3 is 18.0 Å². The lowest BCUT2D eigenvalue weighted by molar-refractivity contribution is -0.129. The average molecular weight is 1950 g/mol. The first-order valence-corrected chi connectivity index (χ1v) is 49.6. The number of morpholine rings is 1. The fraction of sp³-hybridized carbons (Fsp3) is 0.505. The Hall–Kier alpha value is -12.1. The number of hydrogen-bond donors (Lipinski definition) is 0. The Morgan fingerprint density at radius 3 is 1.11 bits per heavy atom. The monoisotopic (exact) mass is 1950 g/mol. The summed E-state index contributed by atoms with van der Waals surface area (Å²) in [6, 6.07) is 47.4. The highest BCUT2D eigenvalue weighted by atomic mass is 32.1. The Kier molecular flexibility index (Phi) is 36.5. The maximum absolute atomic E-state index is 13.4. The molecule has 0 unspecified atom stereocenters. The number of amides is 3. The number of likely N-dealkylation sites (tertiary alicyclic amines) is 3. The van der Waals surface area contributed by atoms with Crippen LogP contribution in [0.1, 0.15) is 123 Å². The molecule has 10 aliphatic heterocycles. The molecule has 141 heavy (non-hydrogen) atoms. The highest BCUT2D eigenvalue weighted by Crippen LogP contribution is 2.42. The van der Waals surface area contributed by atoms with Crippen LogP contribution < -0.4 is 43.6 Å². The van der Waals surface area contributed by atoms with E-state index in [1.807, 2.05) is 40.9 Å². The largest absolute Gasteiger partial charge is 0.462 e. The molecule has 9 aromatic rings. The van der Waals surface area contributed by atoms with Crippen molar-refractivity contribution in [3.63, 3.8) is 0 Å². The number of carbonyl (C=O) groups excluding carboxylic acids is 3. The lowest BCUT2D eigenvalue weighted by Gasteiger charge is -2.42. The van der Waals surface area contributed by atoms with Crippen molar-refractivity contribution in [3.8, 4) is 48.1 Å². The number of piperazine rings is 3. The molecule has 13 heterocycles. The predicted molar refractivity (Wildman–Crippen MR) is 569 cm³/mol. The van der Waals surface area contributed by atoms with E-state index in [0.29, 0.717) is 141 Å². The van der Waals surface area contributed by atoms with Crippen molar-refractivity contribution in [1.29, 1.82) is 15.8 Å². The Balaban J connectivity index is 0.000000167. The quantitative estimate of drug-likeness (QED) is 0.0401. The maximum atomic E-state index is 13.4. The molecule has 32 heteroatoms. The second-order valence-electron chi connectivity index (χ2n) is 38.7. The van der Waals surface area contributed by atoms with Gasteiger partial charge in [0, 0.05) is 185 Å². The van der Waals surface area contributed by atoms with Crippen LogP contribution in [0, 0.1) is 66.6 Å². The van der Waals surface area contributed by atoms with Crippen LogP contribution in [0.3, 0.4) is 0 Å². The second-order valence-corrected chi connectivity index (χ2v) is 38.7. The smallest absolute Gasteiger partial charge is 0.318 e. The van der Waals surface area contributed by atoms with Crippen molar-refractivity contribution >= 4 is 112 Å². The Bertz CT molecular complexity index is 6130. The Morgan fingerprint density at radius 2 is 0.773 bits per heavy atom. The lowest BCUT2D eigenvalue weighted by Crippen LogP contribution is -2.55. The molecular formula is C109H141N23O7S2. The molecule has 3 amide bonds. The van der Waals surface area contributed by atoms with Crippen molar-refractivity contribution in [3.05, 3.63) is 184 Å². The number of nitrogens with zero attached hydrogens (tertiary/aromatic N) is 23. The molecule has 746 valence electrons. The highest BCUT2D eigenvalue weighted by Gasteiger charge is 2.40. The third-order valence-electron chi connectivity index (χ3n) is 29.4. The summed E-state index contributed by atoms with van der Waals surface area (Å²) in [5, 5.41) is 36.6. The zero-order chi connectivity index (χ0) is 95.9. The van der Waals surface area contributed by atoms with Crippen molar-refractivity contribution in [2.24, 2.45) is 0 Å². The normalized spacial score (nSPS) is 20.6. The zero-order valence-corrected chi connectivity index (χ0v) is 84.9. The molecule has 0 bridgehead atoms. The average Bonchev–Trinajstić information content (AvgIpc) is 1.22. The zero-order valence-electron chi connectivity index (χ0n) is 82.9. The number of anilines is 6. The van der Waals surface area contributed by atoms with Gasteiger partial charge < -0.3 is 82.6 Å². The Labute approximate surface area is 846 Å². The molecule has 0 saturated carbocycles. The first-order valence-electron chi connectivity index (χ1n) is 49.6. The topological polar surface area (TPSA) is 282 Å². The molecular weight excluding hydrogens is 1810 g/mol. The molecule has 6 aromatic carbocycles. The molecule has 0 radical (unpaired) electrons. The molecule has 19 rings (SSSR count). The van der Waals surface area contributed by atoms with Crippen LogP contribution in [-0.4, -0.2) is 316 Å². The maximum Gasteiger partial charge on any atom is 0.318 e. The molecule has 3 aromatic heterocycles. The fourth-order valence-electron chi connectivity index (χ4n) is 21.8. The molecule has 0 spiro atoms. The number of ether oxygens (including phenoxy) is 4. The van der Waals surface area contributed by atoms with E-state index in [4.69, 9.17) is 48.9 Å². The minimum atomic E-state index is -0.257. The summed E-state index contributed by atoms with van der Waals surface area (Å²) in [5.74, 6) is 7.68. The fourth-order valence-corrected chi connectivity index (χ4v) is 21.8. The second kappa shape index (κ2) is 49.1. The van der Waals surface area contributed by atoms with Crippen molar-refractivity contribution < 1.29 is 33.3 Å². The molecule has 10 aliphatic rings. The van der Waals surface area contributed by atoms with Crippen LogP contribution in [0.4, 0.5) is 34.5 Å². The number of aromatic nitrogens is 6. The number of aryl methyl sites for hydroxylation is 3. The van der Waals surface area contributed by atoms with Crippen LogP contribution in [0.5, 0.6) is 18.0 Å². The molecule has 7 saturated heterocycles. The van der Waals surface area contributed by atoms with Gasteiger partial charge in [-0.3, -0.25) is 19.3 Å². The van der Waals surface area contributed by atoms with Gasteiger partial charge in [-0.05, 0) is 197 Å². The van der Waals surface area contributed by atoms with E-state index in [-0.39, 0.29) is 89.5 Å². The van der Waals surface area contributed by atoms with Gasteiger partial charge in [0.05, 0.1) is 106 Å². The lowest BCUT2D eigenvalue weighted by atomic mass is 9.99. The van der Waals surface area contributed by atoms with E-state index in [1.54, 1.807) is 24.0 Å². The van der Waals surface area contributed by atoms with Crippen molar-refractivity contribution in [2.45, 2.75) is 168 Å². The van der Waals surface area contributed by atoms with Gasteiger partial charge in [0.25, 0.3) is 5.91 Å². The van der Waals surface area contributed by atoms with E-state index in [9.17, 15) is 30.2 Å². The summed E-state index contributed by atoms with van der Waals surface area (Å²) >= 11 is 0. The van der Waals surface area contributed by atoms with E-state index in [2.05, 4.69) is 230 Å². The van der Waals surface area contributed by atoms with Gasteiger partial charge in [0.2, 0.25) is 11.8 Å². The van der Waals surface area contributed by atoms with Crippen LogP contribution >= 0.6 is 27.0 Å². The standard InChI is InChI=1S/C38H48N8O3.C36H46N8O2.C34H39N7O2.CH4.2H2S/c1-28-7-3-8-29-9-4-11-34(36(28)29)44-18-14-32-33(26-44)40-38(49-27-31-10-5-16-42(31)2)41-37(32)45-19-20-46(30(25-45)13-15-39)35(47)12-6-17-43-21-23-48-24-22-43;1-26-9-5-10-27-11-6-13-32(34(26)27)42-20-16-30-31(24-42)38-36(46-25-29-12-7-19-41(29)4)39-35(30)43-21-22-44(28(23-43)15-17-37)33(45)14-8-18-40(2)3;1-4-8-31(42)41-20-19-40(21-26(41)14-16-35)33-28-15-18-39(30-13-6-11-25-10-5-9-24(2)32(25)30)22-29(28)36-34(37-33)43-23-27-12-7-17-38(27)3;;;/h3-4,6-9,11-12,30-31H,5,10,13-14,16-27H2,1-2H3;5-6,8-11,13-14,28-29H,7,12,15-16,18-25H2,1-4H3;5-6,9-11,13,26-27H,7,12,14-15,17-23H2,1-3H3;1H4;2*1H2/b12-6+;14-8+;;;;/t30-,31-;28-,29-;26-,27-;;;/m000.../s1. The number of rotatable bonds is 24. The third-order valence-corrected chi connectivity index (χ3v) is 29.4. The van der Waals surface area contributed by atoms with E-state index < -0.39 is 0 Å². The van der Waals surface area contributed by atoms with Gasteiger partial charge in [0.1, 0.15) is 37.3 Å². The van der Waals surface area contributed by atoms with E-state index >= 15 is 0 Å². The summed E-state index contributed by atoms with van der Waals surface area (Å²) in [4.78, 5) is 100. The number of nitriles is 3. The first kappa shape index (κ1) is 105. The summed E-state index contributed by atoms with van der Waals surface area (Å²) < 4.78 is 24.5. The van der Waals surface area contributed by atoms with Crippen LogP contribution in [0.25, 0.3) is 32.3 Å². The van der Waals surface area contributed by atoms with Crippen LogP contribution in [-0.2, 0) is 58.0 Å². The predicted octanol–water partition coefficient (Wildman–Crippen LogP) is 12.6. The third kappa shape index (κ3) is 24.6. The molecule has 30 nitrogen and oxygen atoms in total. The van der Waals surface area contributed by atoms with Gasteiger partial charge in [0.15, 0.2) is 0 Å². The summed E-state index contributed by atoms with van der Waals surface area (Å²) in [5.41, 5.74) is 13.8. The Morgan fingerprint density at radius 1 is 0.433 bits per heavy atom. The highest BCUT2D eigenvalue weighted by molar-refractivity contribution is 7.59. The van der Waals surface area contributed by atoms with Gasteiger partial charge in [-0.1, -0.05) is 116 Å². The number of hydrogen-bond acceptors (Lipinski definition) is 27. The van der Waals surface area contributed by atoms with Gasteiger partial charge in [-0.2, -0.15) is 72.7 Å². The minimum Gasteiger partial charge on any atom is -0.462 e. The van der Waals surface area contributed by atoms with Crippen LogP contribution in [0.2, 0.25) is 0 Å². The first-order chi connectivity index (χ1) is 67.3. The molecule has 0 aliphatic carbocycles.